The summed E-state index contributed by atoms with van der Waals surface area (Å²) in [5.41, 5.74) is 0. The Labute approximate surface area is 123 Å². The summed E-state index contributed by atoms with van der Waals surface area (Å²) in [6.45, 7) is 1.69. The number of rotatable bonds is 4. The van der Waals surface area contributed by atoms with Crippen LogP contribution in [0.5, 0.6) is 0 Å². The molecule has 0 bridgehead atoms. The number of fused-ring (bicyclic) bond motifs is 1. The molecule has 1 aliphatic heterocycles. The first kappa shape index (κ1) is 14.5. The van der Waals surface area contributed by atoms with Crippen LogP contribution in [0.15, 0.2) is 47.4 Å². The van der Waals surface area contributed by atoms with Gasteiger partial charge in [0.1, 0.15) is 0 Å². The van der Waals surface area contributed by atoms with E-state index in [0.29, 0.717) is 25.2 Å². The fraction of sp³-hybridized carbons (Fsp3) is 0.333. The molecule has 0 amide bonds. The summed E-state index contributed by atoms with van der Waals surface area (Å²) in [7, 11) is -3.57. The molecule has 0 radical (unpaired) electrons. The molecule has 1 fully saturated rings. The van der Waals surface area contributed by atoms with Gasteiger partial charge in [0.05, 0.1) is 30.8 Å². The number of nitrogens with one attached hydrogen (secondary N) is 1. The van der Waals surface area contributed by atoms with Crippen LogP contribution < -0.4 is 4.72 Å². The summed E-state index contributed by atoms with van der Waals surface area (Å²) < 4.78 is 38.3. The van der Waals surface area contributed by atoms with Crippen molar-refractivity contribution in [1.82, 2.24) is 4.72 Å². The Bertz CT molecular complexity index is 718. The normalized spacial score (nSPS) is 19.7. The SMILES string of the molecule is O=S(=O)(NCC1COCCO1)c1cccc2ccccc12. The molecule has 5 nitrogen and oxygen atoms in total. The molecule has 2 aromatic carbocycles. The van der Waals surface area contributed by atoms with Gasteiger partial charge in [0.25, 0.3) is 0 Å². The van der Waals surface area contributed by atoms with E-state index in [9.17, 15) is 8.42 Å². The van der Waals surface area contributed by atoms with Crippen molar-refractivity contribution in [3.05, 3.63) is 42.5 Å². The molecule has 112 valence electrons. The minimum atomic E-state index is -3.57. The van der Waals surface area contributed by atoms with Crippen molar-refractivity contribution in [2.45, 2.75) is 11.0 Å². The van der Waals surface area contributed by atoms with Gasteiger partial charge in [0, 0.05) is 11.9 Å². The van der Waals surface area contributed by atoms with E-state index >= 15 is 0 Å². The van der Waals surface area contributed by atoms with Crippen molar-refractivity contribution in [2.75, 3.05) is 26.4 Å². The second-order valence-corrected chi connectivity index (χ2v) is 6.63. The first-order chi connectivity index (χ1) is 10.2. The molecule has 1 heterocycles. The molecule has 0 saturated carbocycles. The summed E-state index contributed by atoms with van der Waals surface area (Å²) in [5.74, 6) is 0. The zero-order chi connectivity index (χ0) is 14.7. The van der Waals surface area contributed by atoms with Crippen molar-refractivity contribution in [1.29, 1.82) is 0 Å². The lowest BCUT2D eigenvalue weighted by Crippen LogP contribution is -2.39. The predicted octanol–water partition coefficient (Wildman–Crippen LogP) is 1.53. The van der Waals surface area contributed by atoms with Crippen LogP contribution in [0, 0.1) is 0 Å². The third-order valence-corrected chi connectivity index (χ3v) is 4.91. The Kier molecular flexibility index (Phi) is 4.21. The van der Waals surface area contributed by atoms with Crippen LogP contribution in [-0.4, -0.2) is 40.9 Å². The summed E-state index contributed by atoms with van der Waals surface area (Å²) in [4.78, 5) is 0.289. The highest BCUT2D eigenvalue weighted by atomic mass is 32.2. The number of sulfonamides is 1. The average molecular weight is 307 g/mol. The van der Waals surface area contributed by atoms with Gasteiger partial charge in [-0.25, -0.2) is 13.1 Å². The third-order valence-electron chi connectivity index (χ3n) is 3.43. The van der Waals surface area contributed by atoms with Gasteiger partial charge >= 0.3 is 0 Å². The van der Waals surface area contributed by atoms with Gasteiger partial charge in [-0.05, 0) is 11.5 Å². The Morgan fingerprint density at radius 3 is 2.71 bits per heavy atom. The van der Waals surface area contributed by atoms with E-state index in [-0.39, 0.29) is 17.5 Å². The van der Waals surface area contributed by atoms with Crippen molar-refractivity contribution in [3.8, 4) is 0 Å². The fourth-order valence-electron chi connectivity index (χ4n) is 2.36. The molecule has 0 aliphatic carbocycles. The lowest BCUT2D eigenvalue weighted by Gasteiger charge is -2.23. The maximum Gasteiger partial charge on any atom is 0.241 e. The highest BCUT2D eigenvalue weighted by molar-refractivity contribution is 7.89. The maximum atomic E-state index is 12.5. The van der Waals surface area contributed by atoms with Crippen LogP contribution in [0.3, 0.4) is 0 Å². The Balaban J connectivity index is 1.83. The van der Waals surface area contributed by atoms with E-state index in [0.717, 1.165) is 5.39 Å². The second-order valence-electron chi connectivity index (χ2n) is 4.90. The van der Waals surface area contributed by atoms with E-state index in [1.54, 1.807) is 12.1 Å². The van der Waals surface area contributed by atoms with Gasteiger partial charge in [-0.2, -0.15) is 0 Å². The van der Waals surface area contributed by atoms with Crippen molar-refractivity contribution >= 4 is 20.8 Å². The quantitative estimate of drug-likeness (QED) is 0.930. The van der Waals surface area contributed by atoms with Crippen LogP contribution in [0.2, 0.25) is 0 Å². The molecule has 1 saturated heterocycles. The van der Waals surface area contributed by atoms with Gasteiger partial charge in [-0.1, -0.05) is 36.4 Å². The molecule has 1 unspecified atom stereocenters. The number of benzene rings is 2. The van der Waals surface area contributed by atoms with Gasteiger partial charge < -0.3 is 9.47 Å². The van der Waals surface area contributed by atoms with E-state index < -0.39 is 10.0 Å². The second kappa shape index (κ2) is 6.11. The van der Waals surface area contributed by atoms with E-state index in [4.69, 9.17) is 9.47 Å². The van der Waals surface area contributed by atoms with E-state index in [2.05, 4.69) is 4.72 Å². The van der Waals surface area contributed by atoms with E-state index in [1.807, 2.05) is 30.3 Å². The van der Waals surface area contributed by atoms with Crippen molar-refractivity contribution in [2.24, 2.45) is 0 Å². The zero-order valence-corrected chi connectivity index (χ0v) is 12.3. The minimum absolute atomic E-state index is 0.214. The standard InChI is InChI=1S/C15H17NO4S/c17-21(18,16-10-13-11-19-8-9-20-13)15-7-3-5-12-4-1-2-6-14(12)15/h1-7,13,16H,8-11H2. The van der Waals surface area contributed by atoms with Gasteiger partial charge in [-0.3, -0.25) is 0 Å². The molecule has 1 aliphatic rings. The molecule has 3 rings (SSSR count). The Morgan fingerprint density at radius 1 is 1.10 bits per heavy atom. The molecule has 1 atom stereocenters. The monoisotopic (exact) mass is 307 g/mol. The minimum Gasteiger partial charge on any atom is -0.376 e. The largest absolute Gasteiger partial charge is 0.376 e. The molecular formula is C15H17NO4S. The highest BCUT2D eigenvalue weighted by Gasteiger charge is 2.21. The molecule has 2 aromatic rings. The van der Waals surface area contributed by atoms with Crippen LogP contribution in [0.25, 0.3) is 10.8 Å². The van der Waals surface area contributed by atoms with Gasteiger partial charge in [0.15, 0.2) is 0 Å². The first-order valence-corrected chi connectivity index (χ1v) is 8.32. The van der Waals surface area contributed by atoms with Crippen molar-refractivity contribution < 1.29 is 17.9 Å². The van der Waals surface area contributed by atoms with E-state index in [1.165, 1.54) is 0 Å². The lowest BCUT2D eigenvalue weighted by molar-refractivity contribution is -0.0846. The first-order valence-electron chi connectivity index (χ1n) is 6.83. The molecule has 21 heavy (non-hydrogen) atoms. The molecule has 0 spiro atoms. The summed E-state index contributed by atoms with van der Waals surface area (Å²) in [6, 6.07) is 12.7. The number of hydrogen-bond acceptors (Lipinski definition) is 4. The van der Waals surface area contributed by atoms with Gasteiger partial charge in [-0.15, -0.1) is 0 Å². The third kappa shape index (κ3) is 3.24. The van der Waals surface area contributed by atoms with Gasteiger partial charge in [0.2, 0.25) is 10.0 Å². The Morgan fingerprint density at radius 2 is 1.90 bits per heavy atom. The van der Waals surface area contributed by atoms with Crippen LogP contribution in [-0.2, 0) is 19.5 Å². The summed E-state index contributed by atoms with van der Waals surface area (Å²) >= 11 is 0. The Hall–Kier alpha value is -1.47. The molecule has 1 N–H and O–H groups in total. The smallest absolute Gasteiger partial charge is 0.241 e. The summed E-state index contributed by atoms with van der Waals surface area (Å²) in [6.07, 6.45) is -0.233. The lowest BCUT2D eigenvalue weighted by atomic mass is 10.1. The number of hydrogen-bond donors (Lipinski definition) is 1. The predicted molar refractivity (Wildman–Crippen MR) is 79.7 cm³/mol. The van der Waals surface area contributed by atoms with Crippen LogP contribution in [0.1, 0.15) is 0 Å². The molecule has 0 aromatic heterocycles. The van der Waals surface area contributed by atoms with Crippen LogP contribution >= 0.6 is 0 Å². The number of ether oxygens (including phenoxy) is 2. The molecule has 6 heteroatoms. The average Bonchev–Trinajstić information content (AvgIpc) is 2.53. The fourth-order valence-corrected chi connectivity index (χ4v) is 3.66. The maximum absolute atomic E-state index is 12.5. The topological polar surface area (TPSA) is 64.6 Å². The van der Waals surface area contributed by atoms with Crippen LogP contribution in [0.4, 0.5) is 0 Å². The van der Waals surface area contributed by atoms with Crippen molar-refractivity contribution in [3.63, 3.8) is 0 Å². The highest BCUT2D eigenvalue weighted by Crippen LogP contribution is 2.22. The molecular weight excluding hydrogens is 290 g/mol. The summed E-state index contributed by atoms with van der Waals surface area (Å²) in [5, 5.41) is 1.62. The zero-order valence-electron chi connectivity index (χ0n) is 11.5.